The second-order valence-electron chi connectivity index (χ2n) is 23.1. The predicted octanol–water partition coefficient (Wildman–Crippen LogP) is 12.9. The number of nitrogens with one attached hydrogen (secondary N) is 1. The number of carbonyl (C=O) groups is 2. The van der Waals surface area contributed by atoms with E-state index in [-0.39, 0.29) is 50.0 Å². The van der Waals surface area contributed by atoms with Crippen LogP contribution in [0.3, 0.4) is 0 Å². The molecule has 12 aromatic rings. The number of rotatable bonds is 26. The van der Waals surface area contributed by atoms with E-state index in [2.05, 4.69) is 25.8 Å². The number of ether oxygens (including phenoxy) is 4. The molecule has 2 amide bonds. The molecule has 28 heteroatoms. The molecule has 16 nitrogen and oxygen atoms in total. The Morgan fingerprint density at radius 2 is 0.912 bits per heavy atom. The third kappa shape index (κ3) is 15.6. The summed E-state index contributed by atoms with van der Waals surface area (Å²) in [5, 5.41) is 27.5. The highest BCUT2D eigenvalue weighted by molar-refractivity contribution is 7.98. The summed E-state index contributed by atoms with van der Waals surface area (Å²) >= 11 is 2.01. The number of hydrogen-bond donors (Lipinski definition) is 1. The van der Waals surface area contributed by atoms with Crippen molar-refractivity contribution in [1.82, 2.24) is 23.6 Å². The van der Waals surface area contributed by atoms with E-state index in [1.54, 1.807) is 50.6 Å². The summed E-state index contributed by atoms with van der Waals surface area (Å²) in [5.74, 6) is -0.371. The van der Waals surface area contributed by atoms with Gasteiger partial charge in [0.25, 0.3) is 0 Å². The molecule has 102 heavy (non-hydrogen) atoms. The average Bonchev–Trinajstić information content (AvgIpc) is 1.52. The first kappa shape index (κ1) is 71.1. The van der Waals surface area contributed by atoms with E-state index in [1.807, 2.05) is 175 Å². The van der Waals surface area contributed by atoms with Gasteiger partial charge in [-0.05, 0) is 116 Å². The zero-order valence-corrected chi connectivity index (χ0v) is 57.5. The number of thiazole rings is 2. The monoisotopic (exact) mass is 1450 g/mol. The fourth-order valence-corrected chi connectivity index (χ4v) is 14.8. The summed E-state index contributed by atoms with van der Waals surface area (Å²) in [6, 6.07) is 70.1. The summed E-state index contributed by atoms with van der Waals surface area (Å²) in [7, 11) is -2.91. The van der Waals surface area contributed by atoms with E-state index < -0.39 is 64.9 Å². The van der Waals surface area contributed by atoms with E-state index in [0.717, 1.165) is 31.3 Å². The minimum absolute atomic E-state index is 0.0382. The van der Waals surface area contributed by atoms with Crippen molar-refractivity contribution in [2.24, 2.45) is 0 Å². The number of fused-ring (bicyclic) bond motifs is 3. The van der Waals surface area contributed by atoms with Crippen LogP contribution >= 0.6 is 34.6 Å². The number of amides is 2. The Morgan fingerprint density at radius 3 is 1.26 bits per heavy atom. The van der Waals surface area contributed by atoms with Crippen LogP contribution in [0.25, 0.3) is 69.6 Å². The van der Waals surface area contributed by atoms with E-state index in [9.17, 15) is 54.9 Å². The van der Waals surface area contributed by atoms with Gasteiger partial charge in [-0.3, -0.25) is 9.52 Å². The molecule has 8 aromatic carbocycles. The summed E-state index contributed by atoms with van der Waals surface area (Å²) in [4.78, 5) is 35.2. The van der Waals surface area contributed by atoms with Gasteiger partial charge >= 0.3 is 24.7 Å². The highest BCUT2D eigenvalue weighted by Gasteiger charge is 2.41. The van der Waals surface area contributed by atoms with Gasteiger partial charge in [0.2, 0.25) is 5.91 Å². The van der Waals surface area contributed by atoms with E-state index in [0.29, 0.717) is 94.5 Å². The maximum atomic E-state index is 13.1. The van der Waals surface area contributed by atoms with Crippen molar-refractivity contribution >= 4 is 134 Å². The number of sulfonamides is 1. The second kappa shape index (κ2) is 31.0. The van der Waals surface area contributed by atoms with Crippen LogP contribution in [-0.4, -0.2) is 91.3 Å². The molecule has 0 saturated heterocycles. The van der Waals surface area contributed by atoms with Gasteiger partial charge in [-0.1, -0.05) is 143 Å². The van der Waals surface area contributed by atoms with Crippen LogP contribution < -0.4 is 56.2 Å². The number of carbonyl (C=O) groups excluding carboxylic acids is 2. The first-order valence-corrected chi connectivity index (χ1v) is 35.7. The third-order valence-corrected chi connectivity index (χ3v) is 20.3. The molecule has 0 aliphatic heterocycles. The van der Waals surface area contributed by atoms with Gasteiger partial charge < -0.3 is 37.4 Å². The maximum Gasteiger partial charge on any atom is 0.483 e. The average molecular weight is 1450 g/mol. The number of halogens is 6. The van der Waals surface area contributed by atoms with Gasteiger partial charge in [-0.15, -0.1) is 22.7 Å². The van der Waals surface area contributed by atoms with Gasteiger partial charge in [0, 0.05) is 40.7 Å². The third-order valence-electron chi connectivity index (χ3n) is 16.6. The Kier molecular flexibility index (Phi) is 21.6. The maximum absolute atomic E-state index is 13.1. The van der Waals surface area contributed by atoms with Crippen molar-refractivity contribution in [2.75, 3.05) is 27.4 Å². The van der Waals surface area contributed by atoms with Gasteiger partial charge in [0.05, 0.1) is 76.4 Å². The topological polar surface area (TPSA) is 215 Å². The number of aromatic nitrogens is 4. The molecule has 0 unspecified atom stereocenters. The van der Waals surface area contributed by atoms with Gasteiger partial charge in [0.15, 0.2) is 10.0 Å². The van der Waals surface area contributed by atoms with Crippen molar-refractivity contribution in [3.63, 3.8) is 0 Å². The molecule has 0 fully saturated rings. The van der Waals surface area contributed by atoms with Crippen LogP contribution in [0.5, 0.6) is 23.0 Å². The second-order valence-corrected chi connectivity index (χ2v) is 27.7. The molecule has 0 atom stereocenters. The Morgan fingerprint density at radius 1 is 0.539 bits per heavy atom. The molecular formula is C74H57B2F6N8O8S4-. The van der Waals surface area contributed by atoms with E-state index >= 15 is 0 Å². The van der Waals surface area contributed by atoms with E-state index in [4.69, 9.17) is 28.9 Å². The number of nitrogens with zero attached hydrogens (tertiary/aromatic N) is 7. The summed E-state index contributed by atoms with van der Waals surface area (Å²) in [6.45, 7) is -1.48. The molecule has 0 bridgehead atoms. The SMILES string of the molecule is COc1ccc2sc(/C(C#N)=c3/c4c(-c5ccc(OCCCCC(=O)NSC(F)(F)F)cc5)n(B(c5ccccc5)c5ccccc5)/c(=C(/C#N)c5nc6cc(OC)ccc6s5)c4c(-c4ccc(OCCCCC(=O)[N-]S(=O)(=O)C(F)(F)F)cc4)n3B(c3ccccc3)c3ccccc3)nc2c1. The minimum Gasteiger partial charge on any atom is -0.538 e. The van der Waals surface area contributed by atoms with Crippen LogP contribution in [0.4, 0.5) is 26.3 Å². The molecule has 12 rings (SSSR count). The number of nitriles is 2. The fraction of sp³-hybridized carbons (Fsp3) is 0.162. The van der Waals surface area contributed by atoms with Crippen molar-refractivity contribution in [3.8, 4) is 57.7 Å². The molecule has 4 heterocycles. The molecular weight excluding hydrogens is 1390 g/mol. The standard InChI is InChI=1S/C74H58B2F6N8O8S4/c1-95-55-37-39-61-59(43-55)85-71(99-61)57(45-83)69-65-66(68(90(69)76(51-23-11-5-12-24-51)52-25-13-6-14-26-52)48-31-35-54(36-32-48)98-42-18-16-28-64(92)88-102(93,94)74(80,81)82)70(58(46-84)72-86-60-44-56(96-2)38-40-62(60)100-72)89(75(49-19-7-3-8-20-49)50-21-9-4-10-22-50)67(65)47-29-33-53(34-30-47)97-41-17-15-27-63(91)87-101-73(77,78)79/h3-14,19-26,29-40,43-44H,15-18,27-28,41-42H2,1-2H3,(H2,87,88,91,92)/p-1/b69-57-,70-58-. The minimum atomic E-state index is -6.02. The Labute approximate surface area is 594 Å². The number of methoxy groups -OCH3 is 2. The fourth-order valence-electron chi connectivity index (χ4n) is 12.1. The quantitative estimate of drug-likeness (QED) is 0.0231. The molecule has 0 saturated carbocycles. The zero-order chi connectivity index (χ0) is 71.7. The largest absolute Gasteiger partial charge is 0.538 e. The van der Waals surface area contributed by atoms with E-state index in [1.165, 1.54) is 22.7 Å². The molecule has 1 N–H and O–H groups in total. The van der Waals surface area contributed by atoms with Crippen LogP contribution in [0, 0.1) is 22.7 Å². The number of alkyl halides is 6. The molecule has 0 aliphatic rings. The number of benzene rings is 8. The number of hydrogen-bond acceptors (Lipinski definition) is 15. The number of unbranched alkanes of at least 4 members (excludes halogenated alkanes) is 2. The lowest BCUT2D eigenvalue weighted by Crippen LogP contribution is -2.54. The van der Waals surface area contributed by atoms with Crippen LogP contribution in [0.2, 0.25) is 0 Å². The van der Waals surface area contributed by atoms with Crippen molar-refractivity contribution in [2.45, 2.75) is 49.5 Å². The Balaban J connectivity index is 1.20. The summed E-state index contributed by atoms with van der Waals surface area (Å²) < 4.78 is 135. The lowest BCUT2D eigenvalue weighted by atomic mass is 9.50. The summed E-state index contributed by atoms with van der Waals surface area (Å²) in [6.07, 6.45) is -0.110. The van der Waals surface area contributed by atoms with Gasteiger partial charge in [-0.25, -0.2) is 18.4 Å². The highest BCUT2D eigenvalue weighted by atomic mass is 32.2. The van der Waals surface area contributed by atoms with Gasteiger partial charge in [-0.2, -0.15) is 36.9 Å². The van der Waals surface area contributed by atoms with Crippen molar-refractivity contribution < 1.29 is 63.3 Å². The Hall–Kier alpha value is -10.8. The zero-order valence-electron chi connectivity index (χ0n) is 54.2. The summed E-state index contributed by atoms with van der Waals surface area (Å²) in [5.41, 5.74) is -3.52. The van der Waals surface area contributed by atoms with Crippen LogP contribution in [0.1, 0.15) is 48.5 Å². The predicted molar refractivity (Wildman–Crippen MR) is 389 cm³/mol. The molecule has 0 radical (unpaired) electrons. The lowest BCUT2D eigenvalue weighted by molar-refractivity contribution is -0.119. The lowest BCUT2D eigenvalue weighted by Gasteiger charge is -2.24. The molecule has 0 spiro atoms. The van der Waals surface area contributed by atoms with Gasteiger partial charge in [0.1, 0.15) is 56.3 Å². The normalized spacial score (nSPS) is 12.3. The molecule has 0 aliphatic carbocycles. The van der Waals surface area contributed by atoms with Crippen LogP contribution in [-0.2, 0) is 19.6 Å². The smallest absolute Gasteiger partial charge is 0.483 e. The molecule has 514 valence electrons. The first-order chi connectivity index (χ1) is 49.3. The van der Waals surface area contributed by atoms with Crippen LogP contribution in [0.15, 0.2) is 206 Å². The molecule has 4 aromatic heterocycles. The first-order valence-electron chi connectivity index (χ1n) is 31.8. The highest BCUT2D eigenvalue weighted by Crippen LogP contribution is 2.40. The van der Waals surface area contributed by atoms with Crippen molar-refractivity contribution in [3.05, 3.63) is 232 Å². The Bertz CT molecular complexity index is 5200. The van der Waals surface area contributed by atoms with Crippen molar-refractivity contribution in [1.29, 1.82) is 10.5 Å².